The van der Waals surface area contributed by atoms with Gasteiger partial charge in [0.1, 0.15) is 17.6 Å². The number of anilines is 1. The second-order valence-electron chi connectivity index (χ2n) is 5.91. The molecule has 3 heteroatoms. The molecule has 1 aliphatic rings. The lowest BCUT2D eigenvalue weighted by molar-refractivity contribution is 0.399. The SMILES string of the molecule is CCN(CC)c1conc1C1CCc2c(C)cccc2C1. The van der Waals surface area contributed by atoms with Crippen LogP contribution in [-0.4, -0.2) is 18.2 Å². The third-order valence-electron chi connectivity index (χ3n) is 4.79. The van der Waals surface area contributed by atoms with Crippen molar-refractivity contribution in [1.29, 1.82) is 0 Å². The average Bonchev–Trinajstić information content (AvgIpc) is 2.98. The molecule has 0 bridgehead atoms. The highest BCUT2D eigenvalue weighted by Crippen LogP contribution is 2.37. The van der Waals surface area contributed by atoms with E-state index < -0.39 is 0 Å². The maximum atomic E-state index is 5.30. The van der Waals surface area contributed by atoms with Gasteiger partial charge in [-0.3, -0.25) is 0 Å². The first-order valence-corrected chi connectivity index (χ1v) is 8.01. The van der Waals surface area contributed by atoms with E-state index in [1.807, 2.05) is 6.26 Å². The van der Waals surface area contributed by atoms with Crippen molar-refractivity contribution in [3.05, 3.63) is 46.8 Å². The second kappa shape index (κ2) is 5.92. The van der Waals surface area contributed by atoms with E-state index in [0.717, 1.165) is 31.6 Å². The minimum atomic E-state index is 0.480. The van der Waals surface area contributed by atoms with Crippen LogP contribution in [0.2, 0.25) is 0 Å². The van der Waals surface area contributed by atoms with Crippen molar-refractivity contribution < 1.29 is 4.52 Å². The van der Waals surface area contributed by atoms with Crippen molar-refractivity contribution in [2.24, 2.45) is 0 Å². The van der Waals surface area contributed by atoms with Crippen LogP contribution in [-0.2, 0) is 12.8 Å². The summed E-state index contributed by atoms with van der Waals surface area (Å²) in [7, 11) is 0. The first-order chi connectivity index (χ1) is 10.2. The van der Waals surface area contributed by atoms with Crippen LogP contribution in [0.3, 0.4) is 0 Å². The zero-order chi connectivity index (χ0) is 14.8. The Kier molecular flexibility index (Phi) is 4.00. The molecule has 0 fully saturated rings. The first kappa shape index (κ1) is 14.2. The molecule has 1 unspecified atom stereocenters. The van der Waals surface area contributed by atoms with Gasteiger partial charge in [-0.1, -0.05) is 23.4 Å². The standard InChI is InChI=1S/C18H24N2O/c1-4-20(5-2)17-12-21-19-18(17)15-9-10-16-13(3)7-6-8-14(16)11-15/h6-8,12,15H,4-5,9-11H2,1-3H3. The van der Waals surface area contributed by atoms with Gasteiger partial charge in [0.05, 0.1) is 0 Å². The molecule has 0 saturated carbocycles. The predicted molar refractivity (Wildman–Crippen MR) is 86.0 cm³/mol. The molecule has 21 heavy (non-hydrogen) atoms. The molecule has 0 aliphatic heterocycles. The molecule has 0 radical (unpaired) electrons. The van der Waals surface area contributed by atoms with Crippen LogP contribution in [0.1, 0.15) is 48.6 Å². The van der Waals surface area contributed by atoms with Crippen molar-refractivity contribution in [2.75, 3.05) is 18.0 Å². The van der Waals surface area contributed by atoms with Crippen molar-refractivity contribution in [3.63, 3.8) is 0 Å². The molecular weight excluding hydrogens is 260 g/mol. The zero-order valence-corrected chi connectivity index (χ0v) is 13.2. The highest BCUT2D eigenvalue weighted by molar-refractivity contribution is 5.51. The van der Waals surface area contributed by atoms with Gasteiger partial charge in [0, 0.05) is 19.0 Å². The minimum Gasteiger partial charge on any atom is -0.368 e. The Hall–Kier alpha value is -1.77. The molecule has 0 N–H and O–H groups in total. The molecule has 1 aliphatic carbocycles. The summed E-state index contributed by atoms with van der Waals surface area (Å²) in [5.41, 5.74) is 6.78. The molecule has 1 aromatic carbocycles. The number of nitrogens with zero attached hydrogens (tertiary/aromatic N) is 2. The zero-order valence-electron chi connectivity index (χ0n) is 13.2. The summed E-state index contributed by atoms with van der Waals surface area (Å²) in [6.45, 7) is 8.57. The Balaban J connectivity index is 1.89. The van der Waals surface area contributed by atoms with Gasteiger partial charge in [-0.25, -0.2) is 0 Å². The molecule has 0 saturated heterocycles. The number of benzene rings is 1. The van der Waals surface area contributed by atoms with Crippen LogP contribution >= 0.6 is 0 Å². The number of aromatic nitrogens is 1. The van der Waals surface area contributed by atoms with Crippen LogP contribution in [0.4, 0.5) is 5.69 Å². The lowest BCUT2D eigenvalue weighted by Gasteiger charge is -2.27. The van der Waals surface area contributed by atoms with Gasteiger partial charge < -0.3 is 9.42 Å². The maximum Gasteiger partial charge on any atom is 0.147 e. The van der Waals surface area contributed by atoms with Crippen LogP contribution in [0.15, 0.2) is 29.0 Å². The van der Waals surface area contributed by atoms with Gasteiger partial charge in [-0.2, -0.15) is 0 Å². The molecule has 3 nitrogen and oxygen atoms in total. The Morgan fingerprint density at radius 3 is 2.86 bits per heavy atom. The fourth-order valence-corrected chi connectivity index (χ4v) is 3.56. The van der Waals surface area contributed by atoms with E-state index in [2.05, 4.69) is 49.0 Å². The molecule has 0 spiro atoms. The van der Waals surface area contributed by atoms with E-state index in [0.29, 0.717) is 5.92 Å². The maximum absolute atomic E-state index is 5.30. The largest absolute Gasteiger partial charge is 0.368 e. The van der Waals surface area contributed by atoms with Crippen LogP contribution in [0.25, 0.3) is 0 Å². The third-order valence-corrected chi connectivity index (χ3v) is 4.79. The third kappa shape index (κ3) is 2.57. The Labute approximate surface area is 126 Å². The van der Waals surface area contributed by atoms with Gasteiger partial charge in [0.25, 0.3) is 0 Å². The van der Waals surface area contributed by atoms with E-state index >= 15 is 0 Å². The first-order valence-electron chi connectivity index (χ1n) is 8.01. The van der Waals surface area contributed by atoms with E-state index in [9.17, 15) is 0 Å². The molecule has 3 rings (SSSR count). The van der Waals surface area contributed by atoms with Crippen LogP contribution in [0.5, 0.6) is 0 Å². The summed E-state index contributed by atoms with van der Waals surface area (Å²) < 4.78 is 5.30. The second-order valence-corrected chi connectivity index (χ2v) is 5.91. The number of hydrogen-bond acceptors (Lipinski definition) is 3. The highest BCUT2D eigenvalue weighted by Gasteiger charge is 2.27. The summed E-state index contributed by atoms with van der Waals surface area (Å²) in [4.78, 5) is 2.33. The van der Waals surface area contributed by atoms with Gasteiger partial charge in [0.15, 0.2) is 0 Å². The summed E-state index contributed by atoms with van der Waals surface area (Å²) in [5.74, 6) is 0.480. The number of aryl methyl sites for hydroxylation is 1. The van der Waals surface area contributed by atoms with E-state index in [4.69, 9.17) is 4.52 Å². The minimum absolute atomic E-state index is 0.480. The van der Waals surface area contributed by atoms with Crippen LogP contribution < -0.4 is 4.90 Å². The topological polar surface area (TPSA) is 29.3 Å². The van der Waals surface area contributed by atoms with Gasteiger partial charge in [0.2, 0.25) is 0 Å². The fourth-order valence-electron chi connectivity index (χ4n) is 3.56. The number of rotatable bonds is 4. The van der Waals surface area contributed by atoms with Crippen molar-refractivity contribution in [3.8, 4) is 0 Å². The van der Waals surface area contributed by atoms with Crippen LogP contribution in [0, 0.1) is 6.92 Å². The van der Waals surface area contributed by atoms with Crippen molar-refractivity contribution in [2.45, 2.75) is 46.0 Å². The molecular formula is C18H24N2O. The predicted octanol–water partition coefficient (Wildman–Crippen LogP) is 4.10. The van der Waals surface area contributed by atoms with Gasteiger partial charge >= 0.3 is 0 Å². The smallest absolute Gasteiger partial charge is 0.147 e. The van der Waals surface area contributed by atoms with E-state index in [1.54, 1.807) is 5.56 Å². The summed E-state index contributed by atoms with van der Waals surface area (Å²) >= 11 is 0. The lowest BCUT2D eigenvalue weighted by atomic mass is 9.80. The molecule has 2 aromatic rings. The Morgan fingerprint density at radius 1 is 1.29 bits per heavy atom. The summed E-state index contributed by atoms with van der Waals surface area (Å²) in [5, 5.41) is 4.34. The van der Waals surface area contributed by atoms with E-state index in [-0.39, 0.29) is 0 Å². The van der Waals surface area contributed by atoms with Gasteiger partial charge in [-0.05, 0) is 56.7 Å². The highest BCUT2D eigenvalue weighted by atomic mass is 16.5. The molecule has 1 atom stereocenters. The normalized spacial score (nSPS) is 17.6. The average molecular weight is 284 g/mol. The van der Waals surface area contributed by atoms with Crippen molar-refractivity contribution >= 4 is 5.69 Å². The Bertz CT molecular complexity index is 613. The quantitative estimate of drug-likeness (QED) is 0.846. The Morgan fingerprint density at radius 2 is 2.10 bits per heavy atom. The monoisotopic (exact) mass is 284 g/mol. The molecule has 1 heterocycles. The molecule has 112 valence electrons. The van der Waals surface area contributed by atoms with Crippen molar-refractivity contribution in [1.82, 2.24) is 5.16 Å². The molecule has 0 amide bonds. The number of hydrogen-bond donors (Lipinski definition) is 0. The summed E-state index contributed by atoms with van der Waals surface area (Å²) in [6, 6.07) is 6.66. The molecule has 1 aromatic heterocycles. The van der Waals surface area contributed by atoms with Gasteiger partial charge in [-0.15, -0.1) is 0 Å². The lowest BCUT2D eigenvalue weighted by Crippen LogP contribution is -2.24. The van der Waals surface area contributed by atoms with E-state index in [1.165, 1.54) is 23.2 Å². The fraction of sp³-hybridized carbons (Fsp3) is 0.500. The summed E-state index contributed by atoms with van der Waals surface area (Å²) in [6.07, 6.45) is 5.21. The number of fused-ring (bicyclic) bond motifs is 1.